The molecule has 8 aromatic rings. The fourth-order valence-corrected chi connectivity index (χ4v) is 7.36. The van der Waals surface area contributed by atoms with Crippen LogP contribution in [0.1, 0.15) is 0 Å². The lowest BCUT2D eigenvalue weighted by atomic mass is 10.2. The molecule has 4 aromatic heterocycles. The summed E-state index contributed by atoms with van der Waals surface area (Å²) in [6.45, 7) is 0. The summed E-state index contributed by atoms with van der Waals surface area (Å²) in [5, 5.41) is 1.64. The van der Waals surface area contributed by atoms with Gasteiger partial charge in [0.15, 0.2) is 0 Å². The third-order valence-electron chi connectivity index (χ3n) is 6.40. The quantitative estimate of drug-likeness (QED) is 0.168. The van der Waals surface area contributed by atoms with Gasteiger partial charge in [0.1, 0.15) is 0 Å². The predicted octanol–water partition coefficient (Wildman–Crippen LogP) is 8.41. The van der Waals surface area contributed by atoms with E-state index in [0.29, 0.717) is 16.7 Å². The zero-order chi connectivity index (χ0) is 26.8. The number of benzene rings is 4. The van der Waals surface area contributed by atoms with Crippen LogP contribution in [0.4, 0.5) is 0 Å². The minimum absolute atomic E-state index is 0.0792. The van der Waals surface area contributed by atoms with Gasteiger partial charge in [0.05, 0.1) is 38.5 Å². The molecule has 0 bridgehead atoms. The number of hydrogen-bond donors (Lipinski definition) is 1. The highest BCUT2D eigenvalue weighted by molar-refractivity contribution is 9.11. The van der Waals surface area contributed by atoms with Crippen LogP contribution in [0.25, 0.3) is 55.4 Å². The largest absolute Gasteiger partial charge is 0.323 e. The number of nitrogens with zero attached hydrogens (tertiary/aromatic N) is 5. The molecule has 0 spiro atoms. The molecule has 190 valence electrons. The topological polar surface area (TPSA) is 80.3 Å². The van der Waals surface area contributed by atoms with Crippen LogP contribution in [-0.4, -0.2) is 28.7 Å². The fraction of sp³-hybridized carbons (Fsp3) is 0. The first-order chi connectivity index (χ1) is 18.9. The molecule has 0 radical (unpaired) electrons. The Labute approximate surface area is 253 Å². The first-order valence-corrected chi connectivity index (χ1v) is 14.9. The Morgan fingerprint density at radius 1 is 0.718 bits per heavy atom. The summed E-state index contributed by atoms with van der Waals surface area (Å²) in [6, 6.07) is 23.4. The smallest absolute Gasteiger partial charge is 0.267 e. The SMILES string of the molecule is Brc1cc(Br)c2nc3nc4ccccc4n3cc2c1.O=c1c2cc(Br)cc(Br)c2nc2[nH]c3ccccc3n12. The summed E-state index contributed by atoms with van der Waals surface area (Å²) in [5.41, 5.74) is 5.25. The lowest BCUT2D eigenvalue weighted by molar-refractivity contribution is 1.12. The molecule has 0 aliphatic rings. The van der Waals surface area contributed by atoms with E-state index in [0.717, 1.165) is 56.6 Å². The second kappa shape index (κ2) is 9.51. The number of aromatic amines is 1. The molecule has 4 aromatic carbocycles. The van der Waals surface area contributed by atoms with E-state index >= 15 is 0 Å². The molecular weight excluding hydrogens is 756 g/mol. The number of halogens is 4. The van der Waals surface area contributed by atoms with Crippen LogP contribution in [0, 0.1) is 0 Å². The van der Waals surface area contributed by atoms with E-state index in [2.05, 4.69) is 102 Å². The van der Waals surface area contributed by atoms with Crippen molar-refractivity contribution in [2.75, 3.05) is 0 Å². The summed E-state index contributed by atoms with van der Waals surface area (Å²) < 4.78 is 7.26. The molecule has 0 atom stereocenters. The molecule has 8 rings (SSSR count). The van der Waals surface area contributed by atoms with Gasteiger partial charge in [0.2, 0.25) is 11.6 Å². The molecule has 0 saturated heterocycles. The van der Waals surface area contributed by atoms with E-state index in [1.54, 1.807) is 10.5 Å². The van der Waals surface area contributed by atoms with Crippen molar-refractivity contribution >= 4 is 119 Å². The van der Waals surface area contributed by atoms with Crippen LogP contribution in [0.5, 0.6) is 0 Å². The van der Waals surface area contributed by atoms with Gasteiger partial charge in [-0.05, 0) is 80.4 Å². The number of aromatic nitrogens is 6. The molecule has 0 fully saturated rings. The van der Waals surface area contributed by atoms with Crippen LogP contribution in [-0.2, 0) is 0 Å². The second-order valence-electron chi connectivity index (χ2n) is 8.84. The summed E-state index contributed by atoms with van der Waals surface area (Å²) >= 11 is 13.9. The van der Waals surface area contributed by atoms with Crippen LogP contribution in [0.15, 0.2) is 102 Å². The molecule has 4 heterocycles. The Morgan fingerprint density at radius 2 is 1.41 bits per heavy atom. The van der Waals surface area contributed by atoms with Crippen molar-refractivity contribution in [3.63, 3.8) is 0 Å². The Kier molecular flexibility index (Phi) is 6.07. The Morgan fingerprint density at radius 3 is 2.23 bits per heavy atom. The first kappa shape index (κ1) is 24.9. The molecule has 39 heavy (non-hydrogen) atoms. The maximum atomic E-state index is 12.7. The van der Waals surface area contributed by atoms with Gasteiger partial charge < -0.3 is 4.98 Å². The predicted molar refractivity (Wildman–Crippen MR) is 170 cm³/mol. The van der Waals surface area contributed by atoms with E-state index in [-0.39, 0.29) is 5.56 Å². The van der Waals surface area contributed by atoms with E-state index < -0.39 is 0 Å². The minimum atomic E-state index is -0.0792. The van der Waals surface area contributed by atoms with Crippen LogP contribution in [0.3, 0.4) is 0 Å². The van der Waals surface area contributed by atoms with Crippen LogP contribution >= 0.6 is 63.7 Å². The molecule has 11 heteroatoms. The van der Waals surface area contributed by atoms with Crippen molar-refractivity contribution in [3.05, 3.63) is 107 Å². The highest BCUT2D eigenvalue weighted by Gasteiger charge is 2.13. The molecule has 7 nitrogen and oxygen atoms in total. The molecule has 0 unspecified atom stereocenters. The van der Waals surface area contributed by atoms with E-state index in [1.807, 2.05) is 59.0 Å². The number of rotatable bonds is 0. The minimum Gasteiger partial charge on any atom is -0.323 e. The van der Waals surface area contributed by atoms with Crippen molar-refractivity contribution in [2.45, 2.75) is 0 Å². The van der Waals surface area contributed by atoms with Gasteiger partial charge in [-0.25, -0.2) is 19.4 Å². The fourth-order valence-electron chi connectivity index (χ4n) is 4.70. The molecule has 0 aliphatic heterocycles. The van der Waals surface area contributed by atoms with Gasteiger partial charge in [0.25, 0.3) is 5.56 Å². The number of fused-ring (bicyclic) bond motifs is 8. The third kappa shape index (κ3) is 4.19. The highest BCUT2D eigenvalue weighted by atomic mass is 79.9. The maximum Gasteiger partial charge on any atom is 0.267 e. The summed E-state index contributed by atoms with van der Waals surface area (Å²) in [7, 11) is 0. The molecular formula is C28H14Br4N6O. The van der Waals surface area contributed by atoms with Crippen molar-refractivity contribution < 1.29 is 0 Å². The van der Waals surface area contributed by atoms with Gasteiger partial charge in [0, 0.05) is 29.5 Å². The van der Waals surface area contributed by atoms with Gasteiger partial charge >= 0.3 is 0 Å². The zero-order valence-corrected chi connectivity index (χ0v) is 26.0. The molecule has 0 saturated carbocycles. The summed E-state index contributed by atoms with van der Waals surface area (Å²) in [6.07, 6.45) is 2.07. The van der Waals surface area contributed by atoms with Crippen molar-refractivity contribution in [1.82, 2.24) is 28.7 Å². The van der Waals surface area contributed by atoms with Gasteiger partial charge in [-0.15, -0.1) is 0 Å². The van der Waals surface area contributed by atoms with Crippen LogP contribution in [0.2, 0.25) is 0 Å². The lowest BCUT2D eigenvalue weighted by Gasteiger charge is -2.03. The third-order valence-corrected chi connectivity index (χ3v) is 8.52. The number of imidazole rings is 2. The monoisotopic (exact) mass is 766 g/mol. The van der Waals surface area contributed by atoms with Gasteiger partial charge in [-0.3, -0.25) is 9.20 Å². The van der Waals surface area contributed by atoms with E-state index in [1.165, 1.54) is 0 Å². The van der Waals surface area contributed by atoms with Gasteiger partial charge in [-0.1, -0.05) is 56.1 Å². The highest BCUT2D eigenvalue weighted by Crippen LogP contribution is 2.29. The normalized spacial score (nSPS) is 11.7. The van der Waals surface area contributed by atoms with Gasteiger partial charge in [-0.2, -0.15) is 0 Å². The first-order valence-electron chi connectivity index (χ1n) is 11.7. The van der Waals surface area contributed by atoms with Crippen LogP contribution < -0.4 is 5.56 Å². The van der Waals surface area contributed by atoms with E-state index in [9.17, 15) is 4.79 Å². The Bertz CT molecular complexity index is 2320. The standard InChI is InChI=1S/C14H7Br2N3O.C14H7Br2N3/c15-7-5-8-12(9(16)6-7)18-14-17-10-3-1-2-4-11(10)19(14)13(8)20;15-9-5-8-7-19-12-4-2-1-3-11(12)17-14(19)18-13(8)10(16)6-9/h1-6H,(H,17,18);1-7H. The lowest BCUT2D eigenvalue weighted by Crippen LogP contribution is -2.14. The molecule has 1 N–H and O–H groups in total. The maximum absolute atomic E-state index is 12.7. The van der Waals surface area contributed by atoms with E-state index in [4.69, 9.17) is 0 Å². The Hall–Kier alpha value is -3.12. The van der Waals surface area contributed by atoms with Crippen molar-refractivity contribution in [3.8, 4) is 0 Å². The Balaban J connectivity index is 0.000000130. The average Bonchev–Trinajstić information content (AvgIpc) is 3.47. The van der Waals surface area contributed by atoms with Crippen molar-refractivity contribution in [2.24, 2.45) is 0 Å². The number of hydrogen-bond acceptors (Lipinski definition) is 4. The summed E-state index contributed by atoms with van der Waals surface area (Å²) in [4.78, 5) is 29.6. The molecule has 0 aliphatic carbocycles. The van der Waals surface area contributed by atoms with Crippen molar-refractivity contribution in [1.29, 1.82) is 0 Å². The number of H-pyrrole nitrogens is 1. The zero-order valence-electron chi connectivity index (χ0n) is 19.7. The average molecular weight is 770 g/mol. The molecule has 0 amide bonds. The number of para-hydroxylation sites is 4. The number of nitrogens with one attached hydrogen (secondary N) is 1. The second-order valence-corrected chi connectivity index (χ2v) is 12.4. The summed E-state index contributed by atoms with van der Waals surface area (Å²) in [5.74, 6) is 1.27.